The number of nitriles is 1. The zero-order valence-corrected chi connectivity index (χ0v) is 12.4. The number of ether oxygens (including phenoxy) is 1. The minimum atomic E-state index is -0.415. The highest BCUT2D eigenvalue weighted by atomic mass is 79.9. The Morgan fingerprint density at radius 2 is 1.75 bits per heavy atom. The molecular weight excluding hydrogens is 318 g/mol. The van der Waals surface area contributed by atoms with Crippen LogP contribution in [0.15, 0.2) is 48.5 Å². The molecule has 0 aliphatic carbocycles. The van der Waals surface area contributed by atoms with E-state index in [9.17, 15) is 4.79 Å². The van der Waals surface area contributed by atoms with Gasteiger partial charge in [0.25, 0.3) is 0 Å². The number of Topliss-reactive ketones (excluding diaryl/α,β-unsaturated/α-hetero) is 1. The number of ketones is 1. The Morgan fingerprint density at radius 1 is 1.15 bits per heavy atom. The van der Waals surface area contributed by atoms with Crippen molar-refractivity contribution < 1.29 is 9.53 Å². The lowest BCUT2D eigenvalue weighted by Crippen LogP contribution is -2.07. The van der Waals surface area contributed by atoms with E-state index in [1.54, 1.807) is 31.4 Å². The average molecular weight is 330 g/mol. The predicted molar refractivity (Wildman–Crippen MR) is 80.1 cm³/mol. The fraction of sp³-hybridized carbons (Fsp3) is 0.125. The summed E-state index contributed by atoms with van der Waals surface area (Å²) in [6.07, 6.45) is 0. The highest BCUT2D eigenvalue weighted by Crippen LogP contribution is 2.28. The summed E-state index contributed by atoms with van der Waals surface area (Å²) in [6.45, 7) is 0. The second-order valence-corrected chi connectivity index (χ2v) is 5.10. The summed E-state index contributed by atoms with van der Waals surface area (Å²) in [6, 6.07) is 16.0. The lowest BCUT2D eigenvalue weighted by Gasteiger charge is -2.10. The van der Waals surface area contributed by atoms with Gasteiger partial charge in [0.2, 0.25) is 0 Å². The van der Waals surface area contributed by atoms with Gasteiger partial charge in [-0.15, -0.1) is 0 Å². The standard InChI is InChI=1S/C16H12BrNO2/c1-20-14-8-6-12(7-9-14)15(17)16(19)13-4-2-11(10-18)3-5-13/h2-9,15H,1H3. The number of alkyl halides is 1. The number of rotatable bonds is 4. The van der Waals surface area contributed by atoms with Crippen molar-refractivity contribution in [3.8, 4) is 11.8 Å². The van der Waals surface area contributed by atoms with E-state index >= 15 is 0 Å². The van der Waals surface area contributed by atoms with Crippen LogP contribution in [0.25, 0.3) is 0 Å². The molecule has 0 aliphatic heterocycles. The number of methoxy groups -OCH3 is 1. The van der Waals surface area contributed by atoms with Gasteiger partial charge < -0.3 is 4.74 Å². The smallest absolute Gasteiger partial charge is 0.180 e. The van der Waals surface area contributed by atoms with Gasteiger partial charge in [-0.1, -0.05) is 40.2 Å². The third kappa shape index (κ3) is 3.06. The summed E-state index contributed by atoms with van der Waals surface area (Å²) in [5, 5.41) is 8.75. The summed E-state index contributed by atoms with van der Waals surface area (Å²) in [5.41, 5.74) is 1.97. The van der Waals surface area contributed by atoms with Crippen molar-refractivity contribution in [1.82, 2.24) is 0 Å². The Hall–Kier alpha value is -2.12. The van der Waals surface area contributed by atoms with Gasteiger partial charge in [0.15, 0.2) is 5.78 Å². The molecule has 0 radical (unpaired) electrons. The Labute approximate surface area is 125 Å². The average Bonchev–Trinajstić information content (AvgIpc) is 2.53. The fourth-order valence-corrected chi connectivity index (χ4v) is 2.35. The van der Waals surface area contributed by atoms with Gasteiger partial charge >= 0.3 is 0 Å². The number of hydrogen-bond donors (Lipinski definition) is 0. The maximum absolute atomic E-state index is 12.3. The molecule has 0 saturated heterocycles. The molecule has 0 aromatic heterocycles. The molecule has 100 valence electrons. The summed E-state index contributed by atoms with van der Waals surface area (Å²) in [4.78, 5) is 11.9. The molecule has 2 rings (SSSR count). The summed E-state index contributed by atoms with van der Waals surface area (Å²) in [7, 11) is 1.60. The molecule has 2 aromatic carbocycles. The third-order valence-electron chi connectivity index (χ3n) is 2.94. The van der Waals surface area contributed by atoms with Gasteiger partial charge in [-0.2, -0.15) is 5.26 Å². The highest BCUT2D eigenvalue weighted by molar-refractivity contribution is 9.09. The van der Waals surface area contributed by atoms with E-state index < -0.39 is 4.83 Å². The van der Waals surface area contributed by atoms with Crippen molar-refractivity contribution in [3.05, 3.63) is 65.2 Å². The highest BCUT2D eigenvalue weighted by Gasteiger charge is 2.18. The molecule has 0 heterocycles. The van der Waals surface area contributed by atoms with Crippen LogP contribution in [-0.4, -0.2) is 12.9 Å². The summed E-state index contributed by atoms with van der Waals surface area (Å²) in [5.74, 6) is 0.707. The van der Waals surface area contributed by atoms with E-state index in [0.717, 1.165) is 11.3 Å². The Bertz CT molecular complexity index is 642. The first kappa shape index (κ1) is 14.3. The summed E-state index contributed by atoms with van der Waals surface area (Å²) >= 11 is 3.41. The molecule has 4 heteroatoms. The van der Waals surface area contributed by atoms with Crippen LogP contribution < -0.4 is 4.74 Å². The quantitative estimate of drug-likeness (QED) is 0.631. The molecular formula is C16H12BrNO2. The van der Waals surface area contributed by atoms with Crippen LogP contribution in [0.2, 0.25) is 0 Å². The van der Waals surface area contributed by atoms with Crippen molar-refractivity contribution in [3.63, 3.8) is 0 Å². The van der Waals surface area contributed by atoms with Crippen LogP contribution >= 0.6 is 15.9 Å². The van der Waals surface area contributed by atoms with Crippen LogP contribution in [0, 0.1) is 11.3 Å². The molecule has 0 spiro atoms. The number of carbonyl (C=O) groups excluding carboxylic acids is 1. The van der Waals surface area contributed by atoms with Gasteiger partial charge in [0.05, 0.1) is 18.7 Å². The maximum Gasteiger partial charge on any atom is 0.180 e. The van der Waals surface area contributed by atoms with Crippen molar-refractivity contribution in [1.29, 1.82) is 5.26 Å². The number of nitrogens with zero attached hydrogens (tertiary/aromatic N) is 1. The Morgan fingerprint density at radius 3 is 2.25 bits per heavy atom. The number of carbonyl (C=O) groups is 1. The molecule has 0 aliphatic rings. The van der Waals surface area contributed by atoms with Gasteiger partial charge in [-0.05, 0) is 29.8 Å². The number of halogens is 1. The normalized spacial score (nSPS) is 11.4. The lowest BCUT2D eigenvalue weighted by molar-refractivity contribution is 0.0991. The molecule has 20 heavy (non-hydrogen) atoms. The first-order valence-electron chi connectivity index (χ1n) is 5.98. The van der Waals surface area contributed by atoms with Crippen LogP contribution in [0.5, 0.6) is 5.75 Å². The summed E-state index contributed by atoms with van der Waals surface area (Å²) < 4.78 is 5.09. The van der Waals surface area contributed by atoms with Crippen LogP contribution in [0.3, 0.4) is 0 Å². The largest absolute Gasteiger partial charge is 0.497 e. The molecule has 3 nitrogen and oxygen atoms in total. The third-order valence-corrected chi connectivity index (χ3v) is 3.88. The van der Waals surface area contributed by atoms with Gasteiger partial charge in [0, 0.05) is 5.56 Å². The van der Waals surface area contributed by atoms with Crippen molar-refractivity contribution >= 4 is 21.7 Å². The van der Waals surface area contributed by atoms with Crippen molar-refractivity contribution in [2.45, 2.75) is 4.83 Å². The molecule has 0 amide bonds. The Balaban J connectivity index is 2.20. The van der Waals surface area contributed by atoms with Gasteiger partial charge in [0.1, 0.15) is 10.6 Å². The predicted octanol–water partition coefficient (Wildman–Crippen LogP) is 3.89. The molecule has 1 unspecified atom stereocenters. The first-order valence-corrected chi connectivity index (χ1v) is 6.89. The second-order valence-electron chi connectivity index (χ2n) is 4.19. The topological polar surface area (TPSA) is 50.1 Å². The van der Waals surface area contributed by atoms with Crippen molar-refractivity contribution in [2.75, 3.05) is 7.11 Å². The molecule has 1 atom stereocenters. The first-order chi connectivity index (χ1) is 9.65. The van der Waals surface area contributed by atoms with Crippen LogP contribution in [-0.2, 0) is 0 Å². The molecule has 0 saturated carbocycles. The second kappa shape index (κ2) is 6.36. The zero-order valence-electron chi connectivity index (χ0n) is 10.8. The van der Waals surface area contributed by atoms with E-state index in [4.69, 9.17) is 10.00 Å². The van der Waals surface area contributed by atoms with Gasteiger partial charge in [-0.25, -0.2) is 0 Å². The lowest BCUT2D eigenvalue weighted by atomic mass is 10.0. The van der Waals surface area contributed by atoms with E-state index in [0.29, 0.717) is 11.1 Å². The number of benzene rings is 2. The minimum Gasteiger partial charge on any atom is -0.497 e. The number of hydrogen-bond acceptors (Lipinski definition) is 3. The van der Waals surface area contributed by atoms with E-state index in [1.165, 1.54) is 0 Å². The molecule has 0 N–H and O–H groups in total. The van der Waals surface area contributed by atoms with Crippen molar-refractivity contribution in [2.24, 2.45) is 0 Å². The van der Waals surface area contributed by atoms with E-state index in [2.05, 4.69) is 15.9 Å². The minimum absolute atomic E-state index is 0.0420. The monoisotopic (exact) mass is 329 g/mol. The molecule has 2 aromatic rings. The van der Waals surface area contributed by atoms with Crippen LogP contribution in [0.1, 0.15) is 26.3 Å². The van der Waals surface area contributed by atoms with Crippen LogP contribution in [0.4, 0.5) is 0 Å². The molecule has 0 fully saturated rings. The fourth-order valence-electron chi connectivity index (χ4n) is 1.78. The van der Waals surface area contributed by atoms with Gasteiger partial charge in [-0.3, -0.25) is 4.79 Å². The SMILES string of the molecule is COc1ccc(C(Br)C(=O)c2ccc(C#N)cc2)cc1. The Kier molecular flexibility index (Phi) is 4.54. The molecule has 0 bridgehead atoms. The zero-order chi connectivity index (χ0) is 14.5. The van der Waals surface area contributed by atoms with E-state index in [-0.39, 0.29) is 5.78 Å². The maximum atomic E-state index is 12.3. The van der Waals surface area contributed by atoms with E-state index in [1.807, 2.05) is 30.3 Å².